The average Bonchev–Trinajstić information content (AvgIpc) is 2.65. The molecule has 0 radical (unpaired) electrons. The number of nitrogens with zero attached hydrogens (tertiary/aromatic N) is 1. The number of methoxy groups -OCH3 is 2. The average molecular weight is 411 g/mol. The van der Waals surface area contributed by atoms with Crippen LogP contribution in [0, 0.1) is 0 Å². The van der Waals surface area contributed by atoms with Crippen molar-refractivity contribution in [3.8, 4) is 17.2 Å². The molecule has 6 nitrogen and oxygen atoms in total. The van der Waals surface area contributed by atoms with E-state index in [2.05, 4.69) is 10.5 Å². The predicted octanol–water partition coefficient (Wildman–Crippen LogP) is 4.10. The Morgan fingerprint density at radius 1 is 1.15 bits per heavy atom. The molecule has 0 saturated heterocycles. The summed E-state index contributed by atoms with van der Waals surface area (Å²) in [5, 5.41) is 4.83. The molecular weight excluding hydrogens is 391 g/mol. The zero-order valence-corrected chi connectivity index (χ0v) is 16.7. The van der Waals surface area contributed by atoms with Crippen molar-refractivity contribution in [2.45, 2.75) is 13.3 Å². The standard InChI is InChI=1S/C19H20Cl2N2O4/c1-4-27-19-16(21)7-12(8-17(19)26-3)11-22-23-18(24)10-13-9-14(25-2)5-6-15(13)20/h5-9,11H,4,10H2,1-3H3,(H,23,24)/b22-11+. The molecule has 0 saturated carbocycles. The van der Waals surface area contributed by atoms with Crippen LogP contribution in [0.1, 0.15) is 18.1 Å². The number of benzene rings is 2. The van der Waals surface area contributed by atoms with Gasteiger partial charge in [0, 0.05) is 5.02 Å². The lowest BCUT2D eigenvalue weighted by atomic mass is 10.1. The van der Waals surface area contributed by atoms with E-state index in [9.17, 15) is 4.79 Å². The molecule has 0 atom stereocenters. The first-order valence-electron chi connectivity index (χ1n) is 8.13. The van der Waals surface area contributed by atoms with Gasteiger partial charge in [-0.15, -0.1) is 0 Å². The van der Waals surface area contributed by atoms with Gasteiger partial charge in [0.1, 0.15) is 5.75 Å². The SMILES string of the molecule is CCOc1c(Cl)cc(/C=N/NC(=O)Cc2cc(OC)ccc2Cl)cc1OC. The van der Waals surface area contributed by atoms with E-state index in [0.717, 1.165) is 0 Å². The first kappa shape index (κ1) is 20.9. The van der Waals surface area contributed by atoms with Crippen LogP contribution < -0.4 is 19.6 Å². The molecule has 27 heavy (non-hydrogen) atoms. The second-order valence-electron chi connectivity index (χ2n) is 5.39. The minimum absolute atomic E-state index is 0.0702. The summed E-state index contributed by atoms with van der Waals surface area (Å²) in [5.41, 5.74) is 3.76. The van der Waals surface area contributed by atoms with Gasteiger partial charge >= 0.3 is 0 Å². The van der Waals surface area contributed by atoms with E-state index in [1.54, 1.807) is 37.4 Å². The highest BCUT2D eigenvalue weighted by Gasteiger charge is 2.11. The van der Waals surface area contributed by atoms with Crippen molar-refractivity contribution in [1.82, 2.24) is 5.43 Å². The minimum Gasteiger partial charge on any atom is -0.497 e. The second kappa shape index (κ2) is 10.0. The van der Waals surface area contributed by atoms with Crippen LogP contribution in [0.3, 0.4) is 0 Å². The molecule has 8 heteroatoms. The number of ether oxygens (including phenoxy) is 3. The summed E-state index contributed by atoms with van der Waals surface area (Å²) in [5.74, 6) is 1.27. The molecule has 0 aromatic heterocycles. The van der Waals surface area contributed by atoms with Gasteiger partial charge in [-0.25, -0.2) is 5.43 Å². The first-order valence-corrected chi connectivity index (χ1v) is 8.88. The molecule has 2 aromatic rings. The van der Waals surface area contributed by atoms with Crippen molar-refractivity contribution in [2.75, 3.05) is 20.8 Å². The summed E-state index contributed by atoms with van der Waals surface area (Å²) in [7, 11) is 3.07. The molecule has 2 rings (SSSR count). The third-order valence-electron chi connectivity index (χ3n) is 3.55. The Labute approximate surface area is 168 Å². The normalized spacial score (nSPS) is 10.7. The zero-order valence-electron chi connectivity index (χ0n) is 15.2. The van der Waals surface area contributed by atoms with Gasteiger partial charge in [0.2, 0.25) is 5.91 Å². The molecule has 144 valence electrons. The highest BCUT2D eigenvalue weighted by molar-refractivity contribution is 6.32. The van der Waals surface area contributed by atoms with Crippen molar-refractivity contribution in [3.05, 3.63) is 51.5 Å². The third kappa shape index (κ3) is 5.77. The number of carbonyl (C=O) groups is 1. The lowest BCUT2D eigenvalue weighted by Gasteiger charge is -2.11. The molecule has 0 unspecified atom stereocenters. The molecule has 0 bridgehead atoms. The molecule has 0 spiro atoms. The molecule has 2 aromatic carbocycles. The Kier molecular flexibility index (Phi) is 7.76. The number of rotatable bonds is 8. The summed E-state index contributed by atoms with van der Waals surface area (Å²) in [6.07, 6.45) is 1.54. The fraction of sp³-hybridized carbons (Fsp3) is 0.263. The van der Waals surface area contributed by atoms with Gasteiger partial charge in [0.05, 0.1) is 38.5 Å². The van der Waals surface area contributed by atoms with Gasteiger partial charge in [0.25, 0.3) is 0 Å². The molecule has 0 heterocycles. The molecule has 0 fully saturated rings. The quantitative estimate of drug-likeness (QED) is 0.525. The van der Waals surface area contributed by atoms with E-state index in [0.29, 0.717) is 45.0 Å². The number of nitrogens with one attached hydrogen (secondary N) is 1. The topological polar surface area (TPSA) is 69.2 Å². The summed E-state index contributed by atoms with van der Waals surface area (Å²) >= 11 is 12.3. The van der Waals surface area contributed by atoms with E-state index in [-0.39, 0.29) is 12.3 Å². The Hall–Kier alpha value is -2.44. The van der Waals surface area contributed by atoms with Gasteiger partial charge in [-0.3, -0.25) is 4.79 Å². The number of amides is 1. The summed E-state index contributed by atoms with van der Waals surface area (Å²) in [6, 6.07) is 8.50. The van der Waals surface area contributed by atoms with Gasteiger partial charge in [-0.05, 0) is 48.4 Å². The molecule has 0 aliphatic rings. The van der Waals surface area contributed by atoms with Crippen LogP contribution in [0.15, 0.2) is 35.4 Å². The lowest BCUT2D eigenvalue weighted by Crippen LogP contribution is -2.20. The van der Waals surface area contributed by atoms with Crippen molar-refractivity contribution >= 4 is 35.3 Å². The Bertz CT molecular complexity index is 841. The summed E-state index contributed by atoms with van der Waals surface area (Å²) in [4.78, 5) is 12.1. The molecule has 1 N–H and O–H groups in total. The number of halogens is 2. The predicted molar refractivity (Wildman–Crippen MR) is 107 cm³/mol. The largest absolute Gasteiger partial charge is 0.497 e. The van der Waals surface area contributed by atoms with Gasteiger partial charge in [-0.2, -0.15) is 5.10 Å². The van der Waals surface area contributed by atoms with Crippen LogP contribution in [-0.2, 0) is 11.2 Å². The number of hydrazone groups is 1. The van der Waals surface area contributed by atoms with Crippen molar-refractivity contribution in [3.63, 3.8) is 0 Å². The van der Waals surface area contributed by atoms with Crippen LogP contribution in [0.4, 0.5) is 0 Å². The van der Waals surface area contributed by atoms with Crippen LogP contribution in [0.2, 0.25) is 10.0 Å². The maximum atomic E-state index is 12.1. The van der Waals surface area contributed by atoms with E-state index < -0.39 is 0 Å². The highest BCUT2D eigenvalue weighted by atomic mass is 35.5. The zero-order chi connectivity index (χ0) is 19.8. The Morgan fingerprint density at radius 3 is 2.59 bits per heavy atom. The summed E-state index contributed by atoms with van der Waals surface area (Å²) in [6.45, 7) is 2.32. The molecule has 0 aliphatic heterocycles. The van der Waals surface area contributed by atoms with Crippen LogP contribution in [-0.4, -0.2) is 32.9 Å². The number of carbonyl (C=O) groups excluding carboxylic acids is 1. The van der Waals surface area contributed by atoms with Crippen LogP contribution in [0.25, 0.3) is 0 Å². The highest BCUT2D eigenvalue weighted by Crippen LogP contribution is 2.36. The van der Waals surface area contributed by atoms with Gasteiger partial charge in [0.15, 0.2) is 11.5 Å². The Balaban J connectivity index is 2.05. The first-order chi connectivity index (χ1) is 13.0. The summed E-state index contributed by atoms with van der Waals surface area (Å²) < 4.78 is 15.9. The van der Waals surface area contributed by atoms with E-state index >= 15 is 0 Å². The van der Waals surface area contributed by atoms with Crippen molar-refractivity contribution in [1.29, 1.82) is 0 Å². The van der Waals surface area contributed by atoms with E-state index in [1.807, 2.05) is 6.92 Å². The Morgan fingerprint density at radius 2 is 1.93 bits per heavy atom. The fourth-order valence-electron chi connectivity index (χ4n) is 2.30. The smallest absolute Gasteiger partial charge is 0.244 e. The van der Waals surface area contributed by atoms with Gasteiger partial charge < -0.3 is 14.2 Å². The monoisotopic (exact) mass is 410 g/mol. The van der Waals surface area contributed by atoms with Crippen molar-refractivity contribution in [2.24, 2.45) is 5.10 Å². The van der Waals surface area contributed by atoms with Gasteiger partial charge in [-0.1, -0.05) is 23.2 Å². The minimum atomic E-state index is -0.314. The van der Waals surface area contributed by atoms with E-state index in [4.69, 9.17) is 37.4 Å². The third-order valence-corrected chi connectivity index (χ3v) is 4.20. The fourth-order valence-corrected chi connectivity index (χ4v) is 2.76. The number of hydrogen-bond donors (Lipinski definition) is 1. The lowest BCUT2D eigenvalue weighted by molar-refractivity contribution is -0.120. The maximum Gasteiger partial charge on any atom is 0.244 e. The maximum absolute atomic E-state index is 12.1. The second-order valence-corrected chi connectivity index (χ2v) is 6.21. The van der Waals surface area contributed by atoms with Crippen molar-refractivity contribution < 1.29 is 19.0 Å². The molecule has 0 aliphatic carbocycles. The molecular formula is C19H20Cl2N2O4. The number of hydrogen-bond acceptors (Lipinski definition) is 5. The van der Waals surface area contributed by atoms with Crippen LogP contribution >= 0.6 is 23.2 Å². The molecule has 1 amide bonds. The van der Waals surface area contributed by atoms with E-state index in [1.165, 1.54) is 13.3 Å². The van der Waals surface area contributed by atoms with Crippen LogP contribution in [0.5, 0.6) is 17.2 Å².